The van der Waals surface area contributed by atoms with Gasteiger partial charge in [-0.25, -0.2) is 0 Å². The smallest absolute Gasteiger partial charge is 0.242 e. The predicted molar refractivity (Wildman–Crippen MR) is 93.2 cm³/mol. The number of rotatable bonds is 5. The first-order valence-corrected chi connectivity index (χ1v) is 7.81. The number of pyridine rings is 1. The van der Waals surface area contributed by atoms with Crippen molar-refractivity contribution in [3.05, 3.63) is 64.5 Å². The first-order valence-electron chi connectivity index (χ1n) is 7.81. The quantitative estimate of drug-likeness (QED) is 0.923. The molecule has 2 aromatic rings. The maximum absolute atomic E-state index is 12.7. The van der Waals surface area contributed by atoms with Gasteiger partial charge >= 0.3 is 0 Å². The van der Waals surface area contributed by atoms with Crippen LogP contribution in [0.3, 0.4) is 0 Å². The van der Waals surface area contributed by atoms with Gasteiger partial charge < -0.3 is 5.32 Å². The van der Waals surface area contributed by atoms with Gasteiger partial charge in [-0.05, 0) is 57.6 Å². The average molecular weight is 311 g/mol. The monoisotopic (exact) mass is 311 g/mol. The number of carbonyl (C=O) groups excluding carboxylic acids is 1. The number of benzene rings is 1. The molecule has 4 nitrogen and oxygen atoms in total. The lowest BCUT2D eigenvalue weighted by atomic mass is 10.0. The second-order valence-electron chi connectivity index (χ2n) is 6.25. The van der Waals surface area contributed by atoms with Gasteiger partial charge in [-0.1, -0.05) is 29.8 Å². The van der Waals surface area contributed by atoms with E-state index in [1.807, 2.05) is 70.2 Å². The van der Waals surface area contributed by atoms with E-state index >= 15 is 0 Å². The molecule has 0 unspecified atom stereocenters. The molecule has 1 amide bonds. The van der Waals surface area contributed by atoms with Gasteiger partial charge in [0.05, 0.1) is 0 Å². The van der Waals surface area contributed by atoms with Crippen molar-refractivity contribution in [3.8, 4) is 0 Å². The van der Waals surface area contributed by atoms with E-state index in [9.17, 15) is 4.79 Å². The molecule has 0 saturated heterocycles. The van der Waals surface area contributed by atoms with Crippen molar-refractivity contribution in [1.29, 1.82) is 0 Å². The zero-order chi connectivity index (χ0) is 17.0. The van der Waals surface area contributed by atoms with Crippen LogP contribution >= 0.6 is 0 Å². The number of carbonyl (C=O) groups is 1. The highest BCUT2D eigenvalue weighted by atomic mass is 16.2. The van der Waals surface area contributed by atoms with Crippen LogP contribution in [-0.4, -0.2) is 29.9 Å². The van der Waals surface area contributed by atoms with Gasteiger partial charge in [0.2, 0.25) is 5.91 Å². The van der Waals surface area contributed by atoms with Crippen molar-refractivity contribution in [3.63, 3.8) is 0 Å². The van der Waals surface area contributed by atoms with Gasteiger partial charge in [0.15, 0.2) is 0 Å². The Labute approximate surface area is 138 Å². The summed E-state index contributed by atoms with van der Waals surface area (Å²) in [5, 5.41) is 3.04. The Morgan fingerprint density at radius 1 is 1.22 bits per heavy atom. The van der Waals surface area contributed by atoms with Crippen LogP contribution in [0, 0.1) is 20.8 Å². The van der Waals surface area contributed by atoms with E-state index in [1.54, 1.807) is 0 Å². The van der Waals surface area contributed by atoms with Crippen LogP contribution in [0.2, 0.25) is 0 Å². The average Bonchev–Trinajstić information content (AvgIpc) is 2.46. The summed E-state index contributed by atoms with van der Waals surface area (Å²) in [6, 6.07) is 9.82. The summed E-state index contributed by atoms with van der Waals surface area (Å²) in [7, 11) is 3.84. The molecule has 1 aromatic heterocycles. The van der Waals surface area contributed by atoms with Gasteiger partial charge in [-0.15, -0.1) is 0 Å². The summed E-state index contributed by atoms with van der Waals surface area (Å²) in [5.41, 5.74) is 5.34. The first kappa shape index (κ1) is 17.2. The SMILES string of the molecule is Cc1cccc([C@@H](C(=O)NCc2cnc(C)cc2C)N(C)C)c1. The van der Waals surface area contributed by atoms with E-state index in [0.29, 0.717) is 6.54 Å². The van der Waals surface area contributed by atoms with Crippen LogP contribution in [0.4, 0.5) is 0 Å². The van der Waals surface area contributed by atoms with Gasteiger partial charge in [0, 0.05) is 18.4 Å². The van der Waals surface area contributed by atoms with Gasteiger partial charge in [0.25, 0.3) is 0 Å². The van der Waals surface area contributed by atoms with Gasteiger partial charge in [0.1, 0.15) is 6.04 Å². The molecular weight excluding hydrogens is 286 g/mol. The van der Waals surface area contributed by atoms with Crippen molar-refractivity contribution in [2.45, 2.75) is 33.4 Å². The zero-order valence-corrected chi connectivity index (χ0v) is 14.6. The van der Waals surface area contributed by atoms with Crippen LogP contribution in [0.15, 0.2) is 36.5 Å². The molecule has 4 heteroatoms. The third kappa shape index (κ3) is 4.39. The molecule has 0 aliphatic heterocycles. The zero-order valence-electron chi connectivity index (χ0n) is 14.6. The number of hydrogen-bond acceptors (Lipinski definition) is 3. The molecule has 0 aliphatic rings. The molecule has 2 rings (SSSR count). The summed E-state index contributed by atoms with van der Waals surface area (Å²) in [6.07, 6.45) is 1.84. The molecule has 122 valence electrons. The number of aromatic nitrogens is 1. The van der Waals surface area contributed by atoms with Crippen LogP contribution in [0.5, 0.6) is 0 Å². The fraction of sp³-hybridized carbons (Fsp3) is 0.368. The first-order chi connectivity index (χ1) is 10.9. The molecule has 1 atom stereocenters. The molecule has 0 spiro atoms. The molecule has 1 N–H and O–H groups in total. The molecular formula is C19H25N3O. The third-order valence-corrected chi connectivity index (χ3v) is 3.93. The number of amides is 1. The molecule has 0 radical (unpaired) electrons. The minimum absolute atomic E-state index is 0.000532. The minimum Gasteiger partial charge on any atom is -0.350 e. The lowest BCUT2D eigenvalue weighted by Crippen LogP contribution is -2.36. The lowest BCUT2D eigenvalue weighted by molar-refractivity contribution is -0.125. The number of likely N-dealkylation sites (N-methyl/N-ethyl adjacent to an activating group) is 1. The number of hydrogen-bond donors (Lipinski definition) is 1. The maximum atomic E-state index is 12.7. The van der Waals surface area contributed by atoms with Gasteiger partial charge in [-0.3, -0.25) is 14.7 Å². The minimum atomic E-state index is -0.298. The second kappa shape index (κ2) is 7.38. The van der Waals surface area contributed by atoms with E-state index < -0.39 is 0 Å². The lowest BCUT2D eigenvalue weighted by Gasteiger charge is -2.24. The Kier molecular flexibility index (Phi) is 5.50. The molecule has 23 heavy (non-hydrogen) atoms. The fourth-order valence-electron chi connectivity index (χ4n) is 2.71. The van der Waals surface area contributed by atoms with Crippen LogP contribution in [0.1, 0.15) is 34.0 Å². The molecule has 0 fully saturated rings. The third-order valence-electron chi connectivity index (χ3n) is 3.93. The van der Waals surface area contributed by atoms with Crippen LogP contribution in [-0.2, 0) is 11.3 Å². The maximum Gasteiger partial charge on any atom is 0.242 e. The van der Waals surface area contributed by atoms with Crippen molar-refractivity contribution >= 4 is 5.91 Å². The van der Waals surface area contributed by atoms with E-state index in [1.165, 1.54) is 0 Å². The van der Waals surface area contributed by atoms with Crippen molar-refractivity contribution in [2.75, 3.05) is 14.1 Å². The highest BCUT2D eigenvalue weighted by Crippen LogP contribution is 2.20. The summed E-state index contributed by atoms with van der Waals surface area (Å²) in [4.78, 5) is 18.9. The Balaban J connectivity index is 2.13. The molecule has 1 aromatic carbocycles. The van der Waals surface area contributed by atoms with E-state index in [2.05, 4.69) is 16.4 Å². The highest BCUT2D eigenvalue weighted by molar-refractivity contribution is 5.83. The number of nitrogens with one attached hydrogen (secondary N) is 1. The van der Waals surface area contributed by atoms with Crippen LogP contribution in [0.25, 0.3) is 0 Å². The summed E-state index contributed by atoms with van der Waals surface area (Å²) in [6.45, 7) is 6.54. The van der Waals surface area contributed by atoms with Crippen molar-refractivity contribution in [2.24, 2.45) is 0 Å². The summed E-state index contributed by atoms with van der Waals surface area (Å²) in [5.74, 6) is 0.000532. The second-order valence-corrected chi connectivity index (χ2v) is 6.25. The van der Waals surface area contributed by atoms with Crippen molar-refractivity contribution in [1.82, 2.24) is 15.2 Å². The summed E-state index contributed by atoms with van der Waals surface area (Å²) >= 11 is 0. The normalized spacial score (nSPS) is 12.3. The van der Waals surface area contributed by atoms with E-state index in [0.717, 1.165) is 27.9 Å². The summed E-state index contributed by atoms with van der Waals surface area (Å²) < 4.78 is 0. The Morgan fingerprint density at radius 3 is 2.57 bits per heavy atom. The molecule has 1 heterocycles. The fourth-order valence-corrected chi connectivity index (χ4v) is 2.71. The molecule has 0 bridgehead atoms. The number of nitrogens with zero attached hydrogens (tertiary/aromatic N) is 2. The standard InChI is InChI=1S/C19H25N3O/c1-13-7-6-8-16(9-13)18(22(4)5)19(23)21-12-17-11-20-15(3)10-14(17)2/h6-11,18H,12H2,1-5H3,(H,21,23)/t18-/m0/s1. The van der Waals surface area contributed by atoms with Crippen molar-refractivity contribution < 1.29 is 4.79 Å². The van der Waals surface area contributed by atoms with Gasteiger partial charge in [-0.2, -0.15) is 0 Å². The highest BCUT2D eigenvalue weighted by Gasteiger charge is 2.22. The Hall–Kier alpha value is -2.20. The molecule has 0 saturated carbocycles. The Bertz CT molecular complexity index is 695. The number of aryl methyl sites for hydroxylation is 3. The van der Waals surface area contributed by atoms with Crippen LogP contribution < -0.4 is 5.32 Å². The largest absolute Gasteiger partial charge is 0.350 e. The Morgan fingerprint density at radius 2 is 1.96 bits per heavy atom. The topological polar surface area (TPSA) is 45.2 Å². The van der Waals surface area contributed by atoms with E-state index in [-0.39, 0.29) is 11.9 Å². The van der Waals surface area contributed by atoms with E-state index in [4.69, 9.17) is 0 Å². The predicted octanol–water partition coefficient (Wildman–Crippen LogP) is 2.93. The molecule has 0 aliphatic carbocycles.